The van der Waals surface area contributed by atoms with Crippen LogP contribution in [0.1, 0.15) is 142 Å². The molecule has 1 aliphatic rings. The van der Waals surface area contributed by atoms with E-state index >= 15 is 0 Å². The Bertz CT molecular complexity index is 418. The third kappa shape index (κ3) is 65.7. The molecule has 0 aromatic carbocycles. The van der Waals surface area contributed by atoms with Gasteiger partial charge in [-0.25, -0.2) is 0 Å². The molecule has 1 fully saturated rings. The lowest BCUT2D eigenvalue weighted by Gasteiger charge is -2.05. The van der Waals surface area contributed by atoms with Gasteiger partial charge in [0.05, 0.1) is 13.2 Å². The molecule has 0 atom stereocenters. The third-order valence-electron chi connectivity index (χ3n) is 5.49. The Morgan fingerprint density at radius 2 is 0.743 bits per heavy atom. The highest BCUT2D eigenvalue weighted by atomic mass is 32.3. The Morgan fingerprint density at radius 1 is 0.543 bits per heavy atom. The van der Waals surface area contributed by atoms with Crippen LogP contribution in [0.5, 0.6) is 0 Å². The summed E-state index contributed by atoms with van der Waals surface area (Å²) in [6.45, 7) is 8.57. The monoisotopic (exact) mass is 530 g/mol. The van der Waals surface area contributed by atoms with E-state index in [0.29, 0.717) is 0 Å². The van der Waals surface area contributed by atoms with Crippen molar-refractivity contribution in [3.63, 3.8) is 0 Å². The first-order chi connectivity index (χ1) is 15.9. The molecule has 0 unspecified atom stereocenters. The largest absolute Gasteiger partial charge is 0.394 e. The summed E-state index contributed by atoms with van der Waals surface area (Å²) in [6.07, 6.45) is 28.2. The van der Waals surface area contributed by atoms with Crippen LogP contribution in [0.3, 0.4) is 0 Å². The van der Waals surface area contributed by atoms with Gasteiger partial charge in [-0.15, -0.1) is 0 Å². The molecule has 9 heteroatoms. The molecule has 0 spiro atoms. The van der Waals surface area contributed by atoms with Gasteiger partial charge < -0.3 is 21.8 Å². The number of unbranched alkanes of at least 4 members (excludes halogenated alkanes) is 18. The van der Waals surface area contributed by atoms with Crippen LogP contribution >= 0.6 is 0 Å². The molecule has 0 aliphatic carbocycles. The lowest BCUT2D eigenvalue weighted by molar-refractivity contribution is 0.125. The summed E-state index contributed by atoms with van der Waals surface area (Å²) in [4.78, 5) is 0. The van der Waals surface area contributed by atoms with E-state index in [-0.39, 0.29) is 12.3 Å². The summed E-state index contributed by atoms with van der Waals surface area (Å²) in [5.41, 5.74) is 0. The van der Waals surface area contributed by atoms with E-state index in [1.807, 2.05) is 0 Å². The predicted octanol–water partition coefficient (Wildman–Crippen LogP) is 8.53. The van der Waals surface area contributed by atoms with Gasteiger partial charge in [0, 0.05) is 13.2 Å². The number of hydrogen-bond acceptors (Lipinski definition) is 6. The zero-order valence-corrected chi connectivity index (χ0v) is 24.1. The van der Waals surface area contributed by atoms with E-state index in [1.165, 1.54) is 128 Å². The maximum atomic E-state index is 8.74. The molecular formula is C26H62N2O6S. The molecule has 0 saturated carbocycles. The molecule has 1 rings (SSSR count). The SMILES string of the molecule is C1CO1.CCCCCCCCCCCCOCCCCCCCCCCCC.N.N.O=S(=O)(O)O. The zero-order chi connectivity index (χ0) is 24.9. The van der Waals surface area contributed by atoms with Gasteiger partial charge in [-0.05, 0) is 12.8 Å². The van der Waals surface area contributed by atoms with Crippen molar-refractivity contribution in [2.45, 2.75) is 142 Å². The van der Waals surface area contributed by atoms with Gasteiger partial charge in [0.2, 0.25) is 0 Å². The van der Waals surface area contributed by atoms with E-state index in [1.54, 1.807) is 0 Å². The van der Waals surface area contributed by atoms with Crippen molar-refractivity contribution in [3.8, 4) is 0 Å². The van der Waals surface area contributed by atoms with Crippen molar-refractivity contribution in [2.75, 3.05) is 26.4 Å². The summed E-state index contributed by atoms with van der Waals surface area (Å²) in [7, 11) is -4.67. The van der Waals surface area contributed by atoms with Gasteiger partial charge in [-0.2, -0.15) is 8.42 Å². The topological polar surface area (TPSA) is 166 Å². The summed E-state index contributed by atoms with van der Waals surface area (Å²) in [5, 5.41) is 0. The van der Waals surface area contributed by atoms with Crippen LogP contribution < -0.4 is 12.3 Å². The van der Waals surface area contributed by atoms with Gasteiger partial charge in [-0.3, -0.25) is 9.11 Å². The summed E-state index contributed by atoms with van der Waals surface area (Å²) in [6, 6.07) is 0. The van der Waals surface area contributed by atoms with Gasteiger partial charge in [0.15, 0.2) is 0 Å². The van der Waals surface area contributed by atoms with Crippen LogP contribution in [0.2, 0.25) is 0 Å². The molecule has 8 nitrogen and oxygen atoms in total. The van der Waals surface area contributed by atoms with Crippen molar-refractivity contribution >= 4 is 10.4 Å². The molecule has 1 aliphatic heterocycles. The zero-order valence-electron chi connectivity index (χ0n) is 23.3. The molecule has 0 bridgehead atoms. The maximum absolute atomic E-state index is 8.74. The highest BCUT2D eigenvalue weighted by molar-refractivity contribution is 7.79. The van der Waals surface area contributed by atoms with Crippen molar-refractivity contribution < 1.29 is 27.0 Å². The van der Waals surface area contributed by atoms with E-state index in [2.05, 4.69) is 18.6 Å². The highest BCUT2D eigenvalue weighted by Crippen LogP contribution is 2.12. The smallest absolute Gasteiger partial charge is 0.381 e. The fourth-order valence-corrected chi connectivity index (χ4v) is 3.49. The second-order valence-electron chi connectivity index (χ2n) is 9.04. The average molecular weight is 531 g/mol. The van der Waals surface area contributed by atoms with E-state index in [9.17, 15) is 0 Å². The quantitative estimate of drug-likeness (QED) is 0.0613. The first-order valence-corrected chi connectivity index (χ1v) is 15.2. The van der Waals surface area contributed by atoms with Gasteiger partial charge in [0.25, 0.3) is 0 Å². The number of ether oxygens (including phenoxy) is 2. The van der Waals surface area contributed by atoms with Crippen LogP contribution in [-0.4, -0.2) is 44.0 Å². The van der Waals surface area contributed by atoms with Crippen LogP contribution in [0.4, 0.5) is 0 Å². The first-order valence-electron chi connectivity index (χ1n) is 13.8. The summed E-state index contributed by atoms with van der Waals surface area (Å²) < 4.78 is 41.9. The van der Waals surface area contributed by atoms with Gasteiger partial charge >= 0.3 is 10.4 Å². The standard InChI is InChI=1S/C24H50O.C2H4O.2H3N.H2O4S/c1-3-5-7-9-11-13-15-17-19-21-23-25-24-22-20-18-16-14-12-10-8-6-4-2;1-2-3-1;;;1-5(2,3)4/h3-24H2,1-2H3;1-2H2;2*1H3;(H2,1,2,3,4). The second kappa shape index (κ2) is 35.9. The fraction of sp³-hybridized carbons (Fsp3) is 1.00. The van der Waals surface area contributed by atoms with Crippen LogP contribution in [0.25, 0.3) is 0 Å². The minimum absolute atomic E-state index is 0. The first kappa shape index (κ1) is 41.8. The number of epoxide rings is 1. The molecular weight excluding hydrogens is 468 g/mol. The van der Waals surface area contributed by atoms with E-state index in [4.69, 9.17) is 22.3 Å². The van der Waals surface area contributed by atoms with Crippen LogP contribution in [0.15, 0.2) is 0 Å². The lowest BCUT2D eigenvalue weighted by atomic mass is 10.1. The molecule has 0 radical (unpaired) electrons. The second-order valence-corrected chi connectivity index (χ2v) is 9.93. The molecule has 8 N–H and O–H groups in total. The van der Waals surface area contributed by atoms with E-state index in [0.717, 1.165) is 26.4 Å². The molecule has 218 valence electrons. The molecule has 35 heavy (non-hydrogen) atoms. The van der Waals surface area contributed by atoms with Crippen molar-refractivity contribution in [1.29, 1.82) is 0 Å². The molecule has 0 aromatic heterocycles. The minimum Gasteiger partial charge on any atom is -0.381 e. The van der Waals surface area contributed by atoms with Gasteiger partial charge in [-0.1, -0.05) is 129 Å². The van der Waals surface area contributed by atoms with Crippen LogP contribution in [0, 0.1) is 0 Å². The van der Waals surface area contributed by atoms with Crippen LogP contribution in [-0.2, 0) is 19.9 Å². The Labute approximate surface area is 218 Å². The number of hydrogen-bond donors (Lipinski definition) is 4. The molecule has 0 amide bonds. The predicted molar refractivity (Wildman–Crippen MR) is 150 cm³/mol. The summed E-state index contributed by atoms with van der Waals surface area (Å²) in [5.74, 6) is 0. The minimum atomic E-state index is -4.67. The lowest BCUT2D eigenvalue weighted by Crippen LogP contribution is -1.97. The van der Waals surface area contributed by atoms with E-state index < -0.39 is 10.4 Å². The fourth-order valence-electron chi connectivity index (χ4n) is 3.49. The summed E-state index contributed by atoms with van der Waals surface area (Å²) >= 11 is 0. The molecule has 1 saturated heterocycles. The molecule has 0 aromatic rings. The van der Waals surface area contributed by atoms with Crippen molar-refractivity contribution in [3.05, 3.63) is 0 Å². The number of rotatable bonds is 22. The van der Waals surface area contributed by atoms with Gasteiger partial charge in [0.1, 0.15) is 0 Å². The maximum Gasteiger partial charge on any atom is 0.394 e. The average Bonchev–Trinajstić information content (AvgIpc) is 3.63. The Balaban J connectivity index is -0.000000407. The highest BCUT2D eigenvalue weighted by Gasteiger charge is 1.95. The Kier molecular flexibility index (Phi) is 42.9. The third-order valence-corrected chi connectivity index (χ3v) is 5.49. The van der Waals surface area contributed by atoms with Crippen molar-refractivity contribution in [2.24, 2.45) is 0 Å². The molecule has 1 heterocycles. The van der Waals surface area contributed by atoms with Crippen molar-refractivity contribution in [1.82, 2.24) is 12.3 Å². The normalized spacial score (nSPS) is 11.8. The Hall–Kier alpha value is -0.290. The Morgan fingerprint density at radius 3 is 0.943 bits per heavy atom.